The highest BCUT2D eigenvalue weighted by molar-refractivity contribution is 7.30. The van der Waals surface area contributed by atoms with E-state index in [1.54, 1.807) is 0 Å². The second kappa shape index (κ2) is 6.99. The van der Waals surface area contributed by atoms with Gasteiger partial charge in [0.05, 0.1) is 11.0 Å². The summed E-state index contributed by atoms with van der Waals surface area (Å²) in [6.45, 7) is 0. The molecular weight excluding hydrogens is 505 g/mol. The number of thiophene rings is 2. The van der Waals surface area contributed by atoms with Crippen LogP contribution in [0.25, 0.3) is 62.2 Å². The molecule has 8 aromatic rings. The number of hydrogen-bond donors (Lipinski definition) is 1. The first-order chi connectivity index (χ1) is 18.9. The van der Waals surface area contributed by atoms with E-state index >= 15 is 0 Å². The van der Waals surface area contributed by atoms with Crippen LogP contribution in [0.15, 0.2) is 103 Å². The highest BCUT2D eigenvalue weighted by Crippen LogP contribution is 2.57. The van der Waals surface area contributed by atoms with E-state index in [0.717, 1.165) is 0 Å². The van der Waals surface area contributed by atoms with Gasteiger partial charge in [-0.25, -0.2) is 5.43 Å². The third-order valence-electron chi connectivity index (χ3n) is 8.31. The highest BCUT2D eigenvalue weighted by atomic mass is 32.1. The summed E-state index contributed by atoms with van der Waals surface area (Å²) in [5, 5.41) is 13.0. The molecule has 0 amide bonds. The van der Waals surface area contributed by atoms with Gasteiger partial charge >= 0.3 is 0 Å². The third kappa shape index (κ3) is 2.37. The first-order valence-corrected chi connectivity index (χ1v) is 14.6. The molecule has 4 nitrogen and oxygen atoms in total. The average molecular weight is 525 g/mol. The molecule has 180 valence electrons. The predicted octanol–water partition coefficient (Wildman–Crippen LogP) is 8.74. The Kier molecular flexibility index (Phi) is 3.72. The van der Waals surface area contributed by atoms with E-state index in [4.69, 9.17) is 0 Å². The van der Waals surface area contributed by atoms with Crippen LogP contribution in [0.3, 0.4) is 0 Å². The third-order valence-corrected chi connectivity index (χ3v) is 10.7. The minimum absolute atomic E-state index is 0.135. The van der Waals surface area contributed by atoms with Crippen LogP contribution in [0.5, 0.6) is 0 Å². The van der Waals surface area contributed by atoms with Crippen LogP contribution in [0.1, 0.15) is 18.0 Å². The van der Waals surface area contributed by atoms with Crippen LogP contribution in [0.2, 0.25) is 0 Å². The van der Waals surface area contributed by atoms with E-state index in [1.807, 2.05) is 22.7 Å². The Morgan fingerprint density at radius 1 is 0.579 bits per heavy atom. The lowest BCUT2D eigenvalue weighted by Gasteiger charge is -2.27. The van der Waals surface area contributed by atoms with Crippen molar-refractivity contribution in [3.63, 3.8) is 0 Å². The molecule has 5 aromatic carbocycles. The van der Waals surface area contributed by atoms with Gasteiger partial charge in [0.25, 0.3) is 0 Å². The van der Waals surface area contributed by atoms with Crippen LogP contribution in [-0.4, -0.2) is 14.7 Å². The normalized spacial score (nSPS) is 22.6. The summed E-state index contributed by atoms with van der Waals surface area (Å²) in [5.41, 5.74) is 7.62. The number of para-hydroxylation sites is 1. The largest absolute Gasteiger partial charge is 0.307 e. The number of aromatic nitrogens is 1. The van der Waals surface area contributed by atoms with Crippen molar-refractivity contribution in [1.29, 1.82) is 0 Å². The molecule has 2 aliphatic heterocycles. The minimum Gasteiger partial charge on any atom is -0.307 e. The Bertz CT molecular complexity index is 2230. The standard InChI is InChI=1S/C32H20N4S2/c1-2-10-18(11-3-1)31-33-36-32(35(31)36)34-22-15-7-4-12-19(22)25-28(34)26-20-13-5-8-16-23(20)37-30(26)27-21-14-6-9-17-24(21)38-29(25)27/h1-17,31-33H. The summed E-state index contributed by atoms with van der Waals surface area (Å²) in [5.74, 6) is 0. The van der Waals surface area contributed by atoms with Crippen LogP contribution >= 0.6 is 22.7 Å². The number of fused-ring (bicyclic) bond motifs is 13. The number of benzene rings is 5. The maximum Gasteiger partial charge on any atom is 0.187 e. The Balaban J connectivity index is 1.39. The zero-order chi connectivity index (χ0) is 24.5. The second-order valence-corrected chi connectivity index (χ2v) is 12.3. The molecule has 0 spiro atoms. The smallest absolute Gasteiger partial charge is 0.187 e. The summed E-state index contributed by atoms with van der Waals surface area (Å²) >= 11 is 3.88. The fourth-order valence-electron chi connectivity index (χ4n) is 6.67. The van der Waals surface area contributed by atoms with Crippen molar-refractivity contribution in [2.75, 3.05) is 0 Å². The molecule has 0 radical (unpaired) electrons. The Labute approximate surface area is 225 Å². The summed E-state index contributed by atoms with van der Waals surface area (Å²) < 4.78 is 8.10. The molecule has 0 aliphatic carbocycles. The summed E-state index contributed by atoms with van der Waals surface area (Å²) in [4.78, 5) is 0. The van der Waals surface area contributed by atoms with E-state index in [2.05, 4.69) is 123 Å². The van der Waals surface area contributed by atoms with Gasteiger partial charge in [-0.3, -0.25) is 0 Å². The van der Waals surface area contributed by atoms with E-state index in [-0.39, 0.29) is 12.5 Å². The lowest BCUT2D eigenvalue weighted by Crippen LogP contribution is -2.44. The van der Waals surface area contributed by atoms with E-state index in [1.165, 1.54) is 67.7 Å². The average Bonchev–Trinajstić information content (AvgIpc) is 3.32. The van der Waals surface area contributed by atoms with Crippen LogP contribution in [0.4, 0.5) is 0 Å². The van der Waals surface area contributed by atoms with Gasteiger partial charge in [-0.1, -0.05) is 84.9 Å². The lowest BCUT2D eigenvalue weighted by molar-refractivity contribution is 0.0102. The summed E-state index contributed by atoms with van der Waals surface area (Å²) in [7, 11) is 0. The molecule has 10 rings (SSSR count). The highest BCUT2D eigenvalue weighted by Gasteiger charge is 2.62. The molecule has 6 heteroatoms. The van der Waals surface area contributed by atoms with Crippen molar-refractivity contribution >= 4 is 84.8 Å². The quantitative estimate of drug-likeness (QED) is 0.229. The van der Waals surface area contributed by atoms with Crippen molar-refractivity contribution in [3.05, 3.63) is 109 Å². The van der Waals surface area contributed by atoms with E-state index in [0.29, 0.717) is 0 Å². The molecule has 2 fully saturated rings. The zero-order valence-electron chi connectivity index (χ0n) is 20.1. The molecule has 2 aliphatic rings. The molecule has 38 heavy (non-hydrogen) atoms. The molecule has 2 saturated heterocycles. The van der Waals surface area contributed by atoms with Gasteiger partial charge < -0.3 is 4.57 Å². The fourth-order valence-corrected chi connectivity index (χ4v) is 9.27. The minimum atomic E-state index is 0.135. The topological polar surface area (TPSA) is 23.0 Å². The molecule has 4 unspecified atom stereocenters. The first-order valence-electron chi connectivity index (χ1n) is 12.9. The lowest BCUT2D eigenvalue weighted by atomic mass is 10.0. The predicted molar refractivity (Wildman–Crippen MR) is 160 cm³/mol. The molecular formula is C32H20N4S2. The summed E-state index contributed by atoms with van der Waals surface area (Å²) in [6.07, 6.45) is 0.330. The number of rotatable bonds is 2. The van der Waals surface area contributed by atoms with Gasteiger partial charge in [-0.05, 0) is 23.8 Å². The molecule has 1 N–H and O–H groups in total. The van der Waals surface area contributed by atoms with Crippen molar-refractivity contribution < 1.29 is 0 Å². The molecule has 0 bridgehead atoms. The molecule has 3 aromatic heterocycles. The number of hydrogen-bond acceptors (Lipinski definition) is 5. The van der Waals surface area contributed by atoms with E-state index in [9.17, 15) is 0 Å². The maximum atomic E-state index is 3.68. The Hall–Kier alpha value is -3.78. The first kappa shape index (κ1) is 20.2. The maximum absolute atomic E-state index is 3.68. The van der Waals surface area contributed by atoms with Gasteiger partial charge in [0.1, 0.15) is 6.17 Å². The zero-order valence-corrected chi connectivity index (χ0v) is 21.8. The van der Waals surface area contributed by atoms with Gasteiger partial charge in [-0.15, -0.1) is 27.8 Å². The summed E-state index contributed by atoms with van der Waals surface area (Å²) in [6, 6.07) is 37.6. The van der Waals surface area contributed by atoms with Gasteiger partial charge in [0.15, 0.2) is 6.29 Å². The monoisotopic (exact) mass is 524 g/mol. The van der Waals surface area contributed by atoms with Crippen LogP contribution in [-0.2, 0) is 0 Å². The number of nitrogens with one attached hydrogen (secondary N) is 1. The van der Waals surface area contributed by atoms with Gasteiger partial charge in [-0.2, -0.15) is 5.01 Å². The van der Waals surface area contributed by atoms with Crippen LogP contribution < -0.4 is 5.43 Å². The van der Waals surface area contributed by atoms with E-state index < -0.39 is 0 Å². The Morgan fingerprint density at radius 3 is 1.89 bits per heavy atom. The number of nitrogens with zero attached hydrogens (tertiary/aromatic N) is 3. The van der Waals surface area contributed by atoms with Crippen molar-refractivity contribution in [2.24, 2.45) is 0 Å². The van der Waals surface area contributed by atoms with Crippen LogP contribution in [0, 0.1) is 0 Å². The second-order valence-electron chi connectivity index (χ2n) is 10.2. The Morgan fingerprint density at radius 2 is 1.16 bits per heavy atom. The molecule has 0 saturated carbocycles. The van der Waals surface area contributed by atoms with Crippen molar-refractivity contribution in [3.8, 4) is 0 Å². The number of hydrazine groups is 2. The van der Waals surface area contributed by atoms with Gasteiger partial charge in [0, 0.05) is 51.1 Å². The van der Waals surface area contributed by atoms with Gasteiger partial charge in [0.2, 0.25) is 0 Å². The van der Waals surface area contributed by atoms with Crippen molar-refractivity contribution in [2.45, 2.75) is 12.5 Å². The molecule has 5 heterocycles. The SMILES string of the molecule is c1ccc(C2NN3C(n4c5ccccc5c5c6sc7ccccc7c6c6sc7ccccc7c6c54)N23)cc1. The van der Waals surface area contributed by atoms with Crippen molar-refractivity contribution in [1.82, 2.24) is 20.1 Å². The fraction of sp³-hybridized carbons (Fsp3) is 0.0625. The molecule has 4 atom stereocenters.